The third-order valence-corrected chi connectivity index (χ3v) is 3.27. The maximum Gasteiger partial charge on any atom is 0.350 e. The van der Waals surface area contributed by atoms with Crippen molar-refractivity contribution in [3.05, 3.63) is 11.1 Å². The van der Waals surface area contributed by atoms with Crippen LogP contribution in [0.3, 0.4) is 0 Å². The number of nitrogens with zero attached hydrogens (tertiary/aromatic N) is 2. The third kappa shape index (κ3) is 2.06. The molecule has 0 aromatic carbocycles. The molecule has 1 aliphatic rings. The number of carbonyl (C=O) groups excluding carboxylic acids is 2. The van der Waals surface area contributed by atoms with E-state index in [4.69, 9.17) is 4.74 Å². The van der Waals surface area contributed by atoms with Crippen LogP contribution in [-0.4, -0.2) is 30.0 Å². The molecule has 2 rings (SSSR count). The Morgan fingerprint density at radius 2 is 2.50 bits per heavy atom. The minimum absolute atomic E-state index is 0.0739. The van der Waals surface area contributed by atoms with Crippen LogP contribution in [0.15, 0.2) is 6.20 Å². The summed E-state index contributed by atoms with van der Waals surface area (Å²) in [5.74, 6) is -0.303. The SMILES string of the molecule is CCOC(=O)c1cnc(N2CCCC2=O)s1. The first-order chi connectivity index (χ1) is 7.72. The van der Waals surface area contributed by atoms with Crippen LogP contribution in [0, 0.1) is 0 Å². The maximum atomic E-state index is 11.5. The van der Waals surface area contributed by atoms with Crippen molar-refractivity contribution in [2.24, 2.45) is 0 Å². The standard InChI is InChI=1S/C10H12N2O3S/c1-2-15-9(14)7-6-11-10(16-7)12-5-3-4-8(12)13/h6H,2-5H2,1H3. The summed E-state index contributed by atoms with van der Waals surface area (Å²) in [5, 5.41) is 0.588. The first-order valence-electron chi connectivity index (χ1n) is 5.15. The molecule has 5 nitrogen and oxygen atoms in total. The van der Waals surface area contributed by atoms with E-state index >= 15 is 0 Å². The molecule has 86 valence electrons. The van der Waals surface area contributed by atoms with Crippen molar-refractivity contribution >= 4 is 28.3 Å². The summed E-state index contributed by atoms with van der Waals surface area (Å²) in [7, 11) is 0. The van der Waals surface area contributed by atoms with Gasteiger partial charge in [-0.3, -0.25) is 9.69 Å². The number of carbonyl (C=O) groups is 2. The number of hydrogen-bond acceptors (Lipinski definition) is 5. The predicted octanol–water partition coefficient (Wildman–Crippen LogP) is 1.45. The molecule has 1 amide bonds. The van der Waals surface area contributed by atoms with Gasteiger partial charge in [-0.2, -0.15) is 0 Å². The molecule has 16 heavy (non-hydrogen) atoms. The van der Waals surface area contributed by atoms with Crippen LogP contribution in [0.25, 0.3) is 0 Å². The fourth-order valence-electron chi connectivity index (χ4n) is 1.54. The lowest BCUT2D eigenvalue weighted by Gasteiger charge is -2.09. The van der Waals surface area contributed by atoms with Crippen LogP contribution >= 0.6 is 11.3 Å². The van der Waals surface area contributed by atoms with Crippen LogP contribution in [0.4, 0.5) is 5.13 Å². The molecule has 2 heterocycles. The zero-order chi connectivity index (χ0) is 11.5. The monoisotopic (exact) mass is 240 g/mol. The zero-order valence-electron chi connectivity index (χ0n) is 8.93. The normalized spacial score (nSPS) is 15.6. The number of aromatic nitrogens is 1. The Bertz CT molecular complexity index is 416. The lowest BCUT2D eigenvalue weighted by atomic mass is 10.4. The fourth-order valence-corrected chi connectivity index (χ4v) is 2.39. The lowest BCUT2D eigenvalue weighted by molar-refractivity contribution is -0.117. The van der Waals surface area contributed by atoms with E-state index in [-0.39, 0.29) is 11.9 Å². The average Bonchev–Trinajstić information content (AvgIpc) is 2.86. The van der Waals surface area contributed by atoms with Crippen LogP contribution in [-0.2, 0) is 9.53 Å². The van der Waals surface area contributed by atoms with Gasteiger partial charge >= 0.3 is 5.97 Å². The van der Waals surface area contributed by atoms with Crippen molar-refractivity contribution in [3.8, 4) is 0 Å². The van der Waals surface area contributed by atoms with Gasteiger partial charge in [0.25, 0.3) is 0 Å². The fraction of sp³-hybridized carbons (Fsp3) is 0.500. The number of hydrogen-bond donors (Lipinski definition) is 0. The topological polar surface area (TPSA) is 59.5 Å². The van der Waals surface area contributed by atoms with Crippen LogP contribution < -0.4 is 4.90 Å². The maximum absolute atomic E-state index is 11.5. The van der Waals surface area contributed by atoms with Crippen LogP contribution in [0.1, 0.15) is 29.4 Å². The molecule has 1 saturated heterocycles. The second-order valence-corrected chi connectivity index (χ2v) is 4.39. The molecule has 0 unspecified atom stereocenters. The van der Waals surface area contributed by atoms with Gasteiger partial charge in [-0.25, -0.2) is 9.78 Å². The van der Waals surface area contributed by atoms with Gasteiger partial charge < -0.3 is 4.74 Å². The van der Waals surface area contributed by atoms with E-state index in [1.54, 1.807) is 11.8 Å². The Morgan fingerprint density at radius 3 is 3.12 bits per heavy atom. The van der Waals surface area contributed by atoms with Gasteiger partial charge in [-0.1, -0.05) is 11.3 Å². The molecule has 0 N–H and O–H groups in total. The van der Waals surface area contributed by atoms with Gasteiger partial charge in [0.15, 0.2) is 5.13 Å². The summed E-state index contributed by atoms with van der Waals surface area (Å²) < 4.78 is 4.86. The summed E-state index contributed by atoms with van der Waals surface area (Å²) >= 11 is 1.20. The average molecular weight is 240 g/mol. The van der Waals surface area contributed by atoms with Crippen molar-refractivity contribution in [2.45, 2.75) is 19.8 Å². The highest BCUT2D eigenvalue weighted by Crippen LogP contribution is 2.26. The van der Waals surface area contributed by atoms with E-state index in [1.165, 1.54) is 17.5 Å². The summed E-state index contributed by atoms with van der Waals surface area (Å²) in [6.07, 6.45) is 2.88. The highest BCUT2D eigenvalue weighted by molar-refractivity contribution is 7.17. The predicted molar refractivity (Wildman–Crippen MR) is 59.7 cm³/mol. The minimum Gasteiger partial charge on any atom is -0.462 e. The van der Waals surface area contributed by atoms with Crippen molar-refractivity contribution < 1.29 is 14.3 Å². The number of ether oxygens (including phenoxy) is 1. The molecule has 1 aromatic rings. The number of rotatable bonds is 3. The summed E-state index contributed by atoms with van der Waals surface area (Å²) in [5.41, 5.74) is 0. The Morgan fingerprint density at radius 1 is 1.69 bits per heavy atom. The molecule has 0 radical (unpaired) electrons. The van der Waals surface area contributed by atoms with E-state index in [0.29, 0.717) is 29.6 Å². The van der Waals surface area contributed by atoms with Gasteiger partial charge in [0, 0.05) is 13.0 Å². The molecule has 1 aliphatic heterocycles. The van der Waals surface area contributed by atoms with Crippen LogP contribution in [0.2, 0.25) is 0 Å². The van der Waals surface area contributed by atoms with Crippen molar-refractivity contribution in [3.63, 3.8) is 0 Å². The zero-order valence-corrected chi connectivity index (χ0v) is 9.75. The van der Waals surface area contributed by atoms with Crippen LogP contribution in [0.5, 0.6) is 0 Å². The van der Waals surface area contributed by atoms with Crippen molar-refractivity contribution in [2.75, 3.05) is 18.1 Å². The molecule has 1 fully saturated rings. The summed E-state index contributed by atoms with van der Waals surface area (Å²) in [6.45, 7) is 2.78. The van der Waals surface area contributed by atoms with E-state index in [9.17, 15) is 9.59 Å². The molecule has 0 bridgehead atoms. The quantitative estimate of drug-likeness (QED) is 0.750. The van der Waals surface area contributed by atoms with Gasteiger partial charge in [0.1, 0.15) is 4.88 Å². The first-order valence-corrected chi connectivity index (χ1v) is 5.97. The molecular formula is C10H12N2O3S. The smallest absolute Gasteiger partial charge is 0.350 e. The van der Waals surface area contributed by atoms with E-state index < -0.39 is 0 Å². The Labute approximate surface area is 97.0 Å². The van der Waals surface area contributed by atoms with E-state index in [0.717, 1.165) is 6.42 Å². The molecular weight excluding hydrogens is 228 g/mol. The number of esters is 1. The third-order valence-electron chi connectivity index (χ3n) is 2.27. The molecule has 0 saturated carbocycles. The second-order valence-electron chi connectivity index (χ2n) is 3.38. The highest BCUT2D eigenvalue weighted by atomic mass is 32.1. The minimum atomic E-state index is -0.377. The largest absolute Gasteiger partial charge is 0.462 e. The van der Waals surface area contributed by atoms with Crippen molar-refractivity contribution in [1.82, 2.24) is 4.98 Å². The number of anilines is 1. The van der Waals surface area contributed by atoms with E-state index in [1.807, 2.05) is 0 Å². The molecule has 1 aromatic heterocycles. The van der Waals surface area contributed by atoms with Gasteiger partial charge in [-0.05, 0) is 13.3 Å². The number of thiazole rings is 1. The molecule has 0 spiro atoms. The molecule has 0 aliphatic carbocycles. The Kier molecular flexibility index (Phi) is 3.19. The Hall–Kier alpha value is -1.43. The summed E-state index contributed by atoms with van der Waals surface area (Å²) in [4.78, 5) is 29.0. The number of amides is 1. The summed E-state index contributed by atoms with van der Waals surface area (Å²) in [6, 6.07) is 0. The van der Waals surface area contributed by atoms with E-state index in [2.05, 4.69) is 4.98 Å². The van der Waals surface area contributed by atoms with Crippen molar-refractivity contribution in [1.29, 1.82) is 0 Å². The second kappa shape index (κ2) is 4.61. The van der Waals surface area contributed by atoms with Gasteiger partial charge in [0.05, 0.1) is 12.8 Å². The first kappa shape index (κ1) is 11.1. The Balaban J connectivity index is 2.13. The lowest BCUT2D eigenvalue weighted by Crippen LogP contribution is -2.23. The molecule has 6 heteroatoms. The highest BCUT2D eigenvalue weighted by Gasteiger charge is 2.25. The van der Waals surface area contributed by atoms with Gasteiger partial charge in [0.2, 0.25) is 5.91 Å². The molecule has 0 atom stereocenters. The van der Waals surface area contributed by atoms with Gasteiger partial charge in [-0.15, -0.1) is 0 Å².